The van der Waals surface area contributed by atoms with Gasteiger partial charge in [0.1, 0.15) is 29.5 Å². The molecule has 2 aromatic rings. The molecule has 0 aliphatic heterocycles. The zero-order valence-electron chi connectivity index (χ0n) is 15.1. The van der Waals surface area contributed by atoms with Gasteiger partial charge in [-0.25, -0.2) is 9.88 Å². The van der Waals surface area contributed by atoms with Gasteiger partial charge in [0.05, 0.1) is 14.2 Å². The minimum atomic E-state index is -5.21. The summed E-state index contributed by atoms with van der Waals surface area (Å²) in [7, 11) is -2.30. The summed E-state index contributed by atoms with van der Waals surface area (Å²) >= 11 is 0. The lowest BCUT2D eigenvalue weighted by atomic mass is 10.3. The van der Waals surface area contributed by atoms with Gasteiger partial charge in [0.2, 0.25) is 0 Å². The summed E-state index contributed by atoms with van der Waals surface area (Å²) in [5.74, 6) is -0.368. The maximum Gasteiger partial charge on any atom is 0.428 e. The Bertz CT molecular complexity index is 783. The first-order chi connectivity index (χ1) is 13.2. The molecule has 11 heteroatoms. The standard InChI is InChI=1S/C17H20NO9P/c1-24-12-3-7-14(8-4-12)26-17(28(21,22)23,18-11-16(19)20)27-15-9-5-13(25-2)6-10-15/h3-10,18H,11H2,1-2H3,(H,19,20)(H2,21,22,23). The van der Waals surface area contributed by atoms with E-state index < -0.39 is 25.8 Å². The summed E-state index contributed by atoms with van der Waals surface area (Å²) in [4.78, 5) is 30.8. The van der Waals surface area contributed by atoms with Crippen LogP contribution in [0.1, 0.15) is 0 Å². The predicted octanol–water partition coefficient (Wildman–Crippen LogP) is 1.62. The number of aliphatic carboxylic acids is 1. The van der Waals surface area contributed by atoms with Gasteiger partial charge in [-0.1, -0.05) is 0 Å². The minimum Gasteiger partial charge on any atom is -0.497 e. The molecule has 0 atom stereocenters. The SMILES string of the molecule is COc1ccc(OC(NCC(=O)O)(Oc2ccc(OC)cc2)P(=O)(O)O)cc1. The van der Waals surface area contributed by atoms with E-state index in [1.54, 1.807) is 0 Å². The van der Waals surface area contributed by atoms with E-state index in [0.29, 0.717) is 11.5 Å². The van der Waals surface area contributed by atoms with Crippen molar-refractivity contribution in [3.8, 4) is 23.0 Å². The Labute approximate surface area is 160 Å². The third-order valence-electron chi connectivity index (χ3n) is 3.48. The van der Waals surface area contributed by atoms with Crippen LogP contribution in [-0.4, -0.2) is 47.3 Å². The molecule has 0 unspecified atom stereocenters. The van der Waals surface area contributed by atoms with Crippen LogP contribution in [-0.2, 0) is 9.36 Å². The fourth-order valence-corrected chi connectivity index (χ4v) is 2.84. The van der Waals surface area contributed by atoms with Gasteiger partial charge in [-0.3, -0.25) is 4.79 Å². The number of carboxylic acid groups (broad SMARTS) is 1. The molecule has 0 saturated heterocycles. The maximum absolute atomic E-state index is 12.3. The molecule has 0 aromatic heterocycles. The van der Waals surface area contributed by atoms with Crippen molar-refractivity contribution in [2.24, 2.45) is 0 Å². The van der Waals surface area contributed by atoms with Crippen molar-refractivity contribution < 1.29 is 43.2 Å². The second-order valence-electron chi connectivity index (χ2n) is 5.43. The second kappa shape index (κ2) is 8.94. The number of rotatable bonds is 10. The first kappa shape index (κ1) is 21.5. The molecule has 0 amide bonds. The van der Waals surface area contributed by atoms with Crippen LogP contribution < -0.4 is 24.3 Å². The summed E-state index contributed by atoms with van der Waals surface area (Å²) in [6, 6.07) is 11.6. The first-order valence-electron chi connectivity index (χ1n) is 7.87. The average molecular weight is 413 g/mol. The highest BCUT2D eigenvalue weighted by Crippen LogP contribution is 2.50. The molecule has 0 fully saturated rings. The molecule has 0 saturated carbocycles. The number of hydrogen-bond acceptors (Lipinski definition) is 7. The highest BCUT2D eigenvalue weighted by atomic mass is 31.2. The molecule has 0 heterocycles. The molecule has 10 nitrogen and oxygen atoms in total. The van der Waals surface area contributed by atoms with E-state index in [1.165, 1.54) is 62.8 Å². The van der Waals surface area contributed by atoms with E-state index in [9.17, 15) is 19.1 Å². The Morgan fingerprint density at radius 1 is 0.893 bits per heavy atom. The maximum atomic E-state index is 12.3. The number of nitrogens with one attached hydrogen (secondary N) is 1. The third kappa shape index (κ3) is 5.37. The number of ether oxygens (including phenoxy) is 4. The number of methoxy groups -OCH3 is 2. The van der Waals surface area contributed by atoms with Crippen molar-refractivity contribution in [1.82, 2.24) is 5.32 Å². The molecular formula is C17H20NO9P. The molecular weight excluding hydrogens is 393 g/mol. The van der Waals surface area contributed by atoms with Crippen LogP contribution in [0.25, 0.3) is 0 Å². The lowest BCUT2D eigenvalue weighted by molar-refractivity contribution is -0.140. The van der Waals surface area contributed by atoms with Crippen LogP contribution in [0.4, 0.5) is 0 Å². The number of hydrogen-bond donors (Lipinski definition) is 4. The van der Waals surface area contributed by atoms with Crippen molar-refractivity contribution in [3.63, 3.8) is 0 Å². The van der Waals surface area contributed by atoms with Gasteiger partial charge in [-0.15, -0.1) is 0 Å². The van der Waals surface area contributed by atoms with Crippen molar-refractivity contribution in [1.29, 1.82) is 0 Å². The molecule has 0 bridgehead atoms. The molecule has 28 heavy (non-hydrogen) atoms. The van der Waals surface area contributed by atoms with Crippen LogP contribution in [0.5, 0.6) is 23.0 Å². The molecule has 0 radical (unpaired) electrons. The van der Waals surface area contributed by atoms with Gasteiger partial charge in [0.25, 0.3) is 0 Å². The lowest BCUT2D eigenvalue weighted by Gasteiger charge is -2.34. The largest absolute Gasteiger partial charge is 0.497 e. The van der Waals surface area contributed by atoms with Crippen LogP contribution in [0, 0.1) is 0 Å². The van der Waals surface area contributed by atoms with E-state index in [-0.39, 0.29) is 11.5 Å². The molecule has 2 aromatic carbocycles. The summed E-state index contributed by atoms with van der Waals surface area (Å²) < 4.78 is 33.2. The highest BCUT2D eigenvalue weighted by Gasteiger charge is 2.54. The average Bonchev–Trinajstić information content (AvgIpc) is 2.66. The molecule has 0 spiro atoms. The first-order valence-corrected chi connectivity index (χ1v) is 9.49. The van der Waals surface area contributed by atoms with Crippen molar-refractivity contribution in [2.45, 2.75) is 5.65 Å². The van der Waals surface area contributed by atoms with Gasteiger partial charge in [-0.05, 0) is 48.5 Å². The van der Waals surface area contributed by atoms with Gasteiger partial charge >= 0.3 is 19.2 Å². The second-order valence-corrected chi connectivity index (χ2v) is 7.11. The monoisotopic (exact) mass is 413 g/mol. The Hall–Kier alpha value is -2.78. The van der Waals surface area contributed by atoms with Crippen LogP contribution in [0.15, 0.2) is 48.5 Å². The smallest absolute Gasteiger partial charge is 0.428 e. The van der Waals surface area contributed by atoms with E-state index in [2.05, 4.69) is 5.32 Å². The van der Waals surface area contributed by atoms with Crippen LogP contribution in [0.3, 0.4) is 0 Å². The zero-order valence-corrected chi connectivity index (χ0v) is 16.0. The molecule has 152 valence electrons. The summed E-state index contributed by atoms with van der Waals surface area (Å²) in [5.41, 5.74) is -2.78. The predicted molar refractivity (Wildman–Crippen MR) is 97.7 cm³/mol. The Morgan fingerprint density at radius 2 is 1.25 bits per heavy atom. The Balaban J connectivity index is 2.42. The van der Waals surface area contributed by atoms with Crippen molar-refractivity contribution in [2.75, 3.05) is 20.8 Å². The third-order valence-corrected chi connectivity index (χ3v) is 4.59. The van der Waals surface area contributed by atoms with Gasteiger partial charge < -0.3 is 33.8 Å². The van der Waals surface area contributed by atoms with Crippen LogP contribution >= 0.6 is 7.60 Å². The number of carboxylic acids is 1. The molecule has 4 N–H and O–H groups in total. The van der Waals surface area contributed by atoms with Gasteiger partial charge in [0, 0.05) is 0 Å². The molecule has 0 aliphatic rings. The molecule has 2 rings (SSSR count). The van der Waals surface area contributed by atoms with E-state index >= 15 is 0 Å². The van der Waals surface area contributed by atoms with Crippen molar-refractivity contribution in [3.05, 3.63) is 48.5 Å². The quantitative estimate of drug-likeness (QED) is 0.335. The van der Waals surface area contributed by atoms with Crippen LogP contribution in [0.2, 0.25) is 0 Å². The summed E-state index contributed by atoms with van der Waals surface area (Å²) in [6.45, 7) is -0.836. The van der Waals surface area contributed by atoms with Crippen molar-refractivity contribution >= 4 is 13.6 Å². The topological polar surface area (TPSA) is 144 Å². The minimum absolute atomic E-state index is 0.00975. The van der Waals surface area contributed by atoms with E-state index in [0.717, 1.165) is 0 Å². The number of carbonyl (C=O) groups is 1. The van der Waals surface area contributed by atoms with Gasteiger partial charge in [0.15, 0.2) is 0 Å². The van der Waals surface area contributed by atoms with E-state index in [1.807, 2.05) is 0 Å². The summed E-state index contributed by atoms with van der Waals surface area (Å²) in [5, 5.41) is 11.1. The Morgan fingerprint density at radius 3 is 1.54 bits per heavy atom. The van der Waals surface area contributed by atoms with E-state index in [4.69, 9.17) is 24.1 Å². The fourth-order valence-electron chi connectivity index (χ4n) is 2.11. The Kier molecular flexibility index (Phi) is 6.87. The molecule has 0 aliphatic carbocycles. The fraction of sp³-hybridized carbons (Fsp3) is 0.235. The highest BCUT2D eigenvalue weighted by molar-refractivity contribution is 7.53. The lowest BCUT2D eigenvalue weighted by Crippen LogP contribution is -2.56. The van der Waals surface area contributed by atoms with Gasteiger partial charge in [-0.2, -0.15) is 0 Å². The summed E-state index contributed by atoms with van der Waals surface area (Å²) in [6.07, 6.45) is 0. The zero-order chi connectivity index (χ0) is 20.8. The number of benzene rings is 2. The normalized spacial score (nSPS) is 11.6.